The van der Waals surface area contributed by atoms with Gasteiger partial charge in [-0.2, -0.15) is 12.1 Å². The second kappa shape index (κ2) is 12.4. The number of hydrogen-bond donors (Lipinski definition) is 0. The fourth-order valence-corrected chi connectivity index (χ4v) is 4.64. The van der Waals surface area contributed by atoms with Crippen LogP contribution in [-0.4, -0.2) is 15.0 Å². The topological polar surface area (TPSA) is 51.8 Å². The van der Waals surface area contributed by atoms with E-state index >= 15 is 0 Å². The Morgan fingerprint density at radius 2 is 1.41 bits per heavy atom. The Hall–Kier alpha value is -4.44. The number of rotatable bonds is 3. The molecule has 0 unspecified atom stereocenters. The second-order valence-corrected chi connectivity index (χ2v) is 9.76. The summed E-state index contributed by atoms with van der Waals surface area (Å²) < 4.78 is 5.75. The van der Waals surface area contributed by atoms with Gasteiger partial charge < -0.3 is 14.4 Å². The number of benzene rings is 3. The molecule has 41 heavy (non-hydrogen) atoms. The molecule has 4 heterocycles. The maximum atomic E-state index is 5.75. The Balaban J connectivity index is 0.000000161. The summed E-state index contributed by atoms with van der Waals surface area (Å²) in [5.41, 5.74) is 11.4. The smallest absolute Gasteiger partial charge is 0.151 e. The number of para-hydroxylation sites is 1. The van der Waals surface area contributed by atoms with Crippen LogP contribution in [0.1, 0.15) is 16.7 Å². The first-order valence-corrected chi connectivity index (χ1v) is 13.2. The van der Waals surface area contributed by atoms with Crippen molar-refractivity contribution in [1.82, 2.24) is 15.0 Å². The first-order chi connectivity index (χ1) is 19.6. The van der Waals surface area contributed by atoms with E-state index in [1.165, 1.54) is 27.8 Å². The molecule has 0 fully saturated rings. The minimum Gasteiger partial charge on any atom is -0.455 e. The summed E-state index contributed by atoms with van der Waals surface area (Å²) in [6, 6.07) is 36.9. The average Bonchev–Trinajstić information content (AvgIpc) is 3.38. The maximum Gasteiger partial charge on any atom is 0.151 e. The maximum absolute atomic E-state index is 5.75. The van der Waals surface area contributed by atoms with Crippen LogP contribution in [0, 0.1) is 32.9 Å². The number of aryl methyl sites for hydroxylation is 3. The molecule has 4 nitrogen and oxygen atoms in total. The van der Waals surface area contributed by atoms with Crippen LogP contribution in [0.3, 0.4) is 0 Å². The Morgan fingerprint density at radius 3 is 2.20 bits per heavy atom. The van der Waals surface area contributed by atoms with Crippen LogP contribution in [0.2, 0.25) is 0 Å². The fraction of sp³-hybridized carbons (Fsp3) is 0.0833. The van der Waals surface area contributed by atoms with Crippen LogP contribution in [0.4, 0.5) is 0 Å². The molecule has 0 saturated carbocycles. The van der Waals surface area contributed by atoms with Crippen molar-refractivity contribution in [3.8, 4) is 33.8 Å². The van der Waals surface area contributed by atoms with Gasteiger partial charge in [0, 0.05) is 37.1 Å². The molecule has 0 aliphatic carbocycles. The van der Waals surface area contributed by atoms with Crippen LogP contribution in [0.15, 0.2) is 114 Å². The van der Waals surface area contributed by atoms with Crippen LogP contribution >= 0.6 is 0 Å². The van der Waals surface area contributed by atoms with Crippen molar-refractivity contribution in [3.05, 3.63) is 138 Å². The van der Waals surface area contributed by atoms with Crippen molar-refractivity contribution < 1.29 is 24.5 Å². The van der Waals surface area contributed by atoms with E-state index in [0.29, 0.717) is 0 Å². The van der Waals surface area contributed by atoms with Gasteiger partial charge in [-0.1, -0.05) is 78.7 Å². The van der Waals surface area contributed by atoms with Gasteiger partial charge in [0.25, 0.3) is 0 Å². The molecule has 7 aromatic rings. The largest absolute Gasteiger partial charge is 0.455 e. The number of furan rings is 1. The summed E-state index contributed by atoms with van der Waals surface area (Å²) in [6.07, 6.45) is 5.42. The Kier molecular flexibility index (Phi) is 8.49. The zero-order chi connectivity index (χ0) is 27.5. The zero-order valence-corrected chi connectivity index (χ0v) is 25.4. The molecule has 1 radical (unpaired) electrons. The summed E-state index contributed by atoms with van der Waals surface area (Å²) in [5, 5.41) is 2.15. The molecule has 4 aromatic heterocycles. The predicted molar refractivity (Wildman–Crippen MR) is 162 cm³/mol. The number of nitrogens with zero attached hydrogens (tertiary/aromatic N) is 3. The molecule has 0 N–H and O–H groups in total. The summed E-state index contributed by atoms with van der Waals surface area (Å²) in [6.45, 7) is 6.32. The van der Waals surface area contributed by atoms with Gasteiger partial charge in [0.1, 0.15) is 5.58 Å². The van der Waals surface area contributed by atoms with Crippen LogP contribution in [0.5, 0.6) is 0 Å². The molecule has 7 rings (SSSR count). The molecule has 0 atom stereocenters. The number of fused-ring (bicyclic) bond motifs is 3. The van der Waals surface area contributed by atoms with Crippen molar-refractivity contribution >= 4 is 21.9 Å². The van der Waals surface area contributed by atoms with Gasteiger partial charge in [0.15, 0.2) is 5.58 Å². The van der Waals surface area contributed by atoms with Gasteiger partial charge in [-0.05, 0) is 54.3 Å². The molecular formula is C36H27IrN3O-2. The molecule has 0 bridgehead atoms. The summed E-state index contributed by atoms with van der Waals surface area (Å²) >= 11 is 0. The first kappa shape index (κ1) is 28.1. The minimum absolute atomic E-state index is 0. The van der Waals surface area contributed by atoms with Gasteiger partial charge in [0.2, 0.25) is 0 Å². The molecular weight excluding hydrogens is 683 g/mol. The predicted octanol–water partition coefficient (Wildman–Crippen LogP) is 8.98. The van der Waals surface area contributed by atoms with E-state index in [0.717, 1.165) is 44.6 Å². The Morgan fingerprint density at radius 1 is 0.634 bits per heavy atom. The second-order valence-electron chi connectivity index (χ2n) is 9.76. The Labute approximate surface area is 253 Å². The van der Waals surface area contributed by atoms with Crippen LogP contribution < -0.4 is 0 Å². The third kappa shape index (κ3) is 6.02. The SMILES string of the molecule is Cc1cnc(-c2[c-]cc(C)c(-c3ccccc3)c2)cc1C.[Ir].[c-]1cccnc1-c1cc2c(cn1)oc1ccccc12. The van der Waals surface area contributed by atoms with E-state index < -0.39 is 0 Å². The van der Waals surface area contributed by atoms with E-state index in [1.54, 1.807) is 12.4 Å². The molecule has 5 heteroatoms. The van der Waals surface area contributed by atoms with Gasteiger partial charge in [-0.25, -0.2) is 0 Å². The normalized spacial score (nSPS) is 10.6. The summed E-state index contributed by atoms with van der Waals surface area (Å²) in [4.78, 5) is 13.2. The van der Waals surface area contributed by atoms with Crippen molar-refractivity contribution in [2.75, 3.05) is 0 Å². The molecule has 0 saturated heterocycles. The quantitative estimate of drug-likeness (QED) is 0.172. The van der Waals surface area contributed by atoms with Crippen molar-refractivity contribution in [1.29, 1.82) is 0 Å². The minimum atomic E-state index is 0. The number of hydrogen-bond acceptors (Lipinski definition) is 4. The standard InChI is InChI=1S/C20H18N.C16H9N2O.Ir/c1-14-9-10-18(20-11-15(2)16(3)13-21-20)12-19(14)17-7-5-4-6-8-17;1-2-7-15-11(5-1)12-9-14(18-10-16(12)19-15)13-6-3-4-8-17-13;/h4-9,11-13H,1-3H3;1-5,7-10H;/q2*-1;. The average molecular weight is 710 g/mol. The molecule has 203 valence electrons. The molecule has 0 spiro atoms. The van der Waals surface area contributed by atoms with E-state index in [4.69, 9.17) is 4.42 Å². The zero-order valence-electron chi connectivity index (χ0n) is 23.0. The van der Waals surface area contributed by atoms with Crippen molar-refractivity contribution in [2.24, 2.45) is 0 Å². The summed E-state index contributed by atoms with van der Waals surface area (Å²) in [7, 11) is 0. The van der Waals surface area contributed by atoms with Crippen LogP contribution in [0.25, 0.3) is 55.7 Å². The fourth-order valence-electron chi connectivity index (χ4n) is 4.64. The molecule has 3 aromatic carbocycles. The number of pyridine rings is 3. The van der Waals surface area contributed by atoms with Crippen LogP contribution in [-0.2, 0) is 20.1 Å². The summed E-state index contributed by atoms with van der Waals surface area (Å²) in [5.74, 6) is 0. The van der Waals surface area contributed by atoms with Gasteiger partial charge in [-0.3, -0.25) is 4.98 Å². The third-order valence-corrected chi connectivity index (χ3v) is 7.00. The van der Waals surface area contributed by atoms with E-state index in [1.807, 2.05) is 54.7 Å². The van der Waals surface area contributed by atoms with Gasteiger partial charge in [0.05, 0.1) is 6.20 Å². The van der Waals surface area contributed by atoms with Crippen molar-refractivity contribution in [2.45, 2.75) is 20.8 Å². The van der Waals surface area contributed by atoms with Gasteiger partial charge >= 0.3 is 0 Å². The molecule has 0 aliphatic heterocycles. The van der Waals surface area contributed by atoms with E-state index in [9.17, 15) is 0 Å². The molecule has 0 aliphatic rings. The number of aromatic nitrogens is 3. The van der Waals surface area contributed by atoms with E-state index in [-0.39, 0.29) is 20.1 Å². The monoisotopic (exact) mass is 710 g/mol. The van der Waals surface area contributed by atoms with Crippen molar-refractivity contribution in [3.63, 3.8) is 0 Å². The van der Waals surface area contributed by atoms with Gasteiger partial charge in [-0.15, -0.1) is 35.4 Å². The molecule has 0 amide bonds. The van der Waals surface area contributed by atoms with E-state index in [2.05, 4.69) is 90.3 Å². The Bertz CT molecular complexity index is 1930. The third-order valence-electron chi connectivity index (χ3n) is 7.00. The first-order valence-electron chi connectivity index (χ1n) is 13.2.